The van der Waals surface area contributed by atoms with Crippen molar-refractivity contribution in [2.45, 2.75) is 64.5 Å². The van der Waals surface area contributed by atoms with Crippen LogP contribution in [0.5, 0.6) is 0 Å². The van der Waals surface area contributed by atoms with Crippen LogP contribution >= 0.6 is 12.6 Å². The van der Waals surface area contributed by atoms with E-state index in [1.54, 1.807) is 0 Å². The van der Waals surface area contributed by atoms with E-state index in [1.807, 2.05) is 0 Å². The first-order valence-corrected chi connectivity index (χ1v) is 8.24. The van der Waals surface area contributed by atoms with E-state index < -0.39 is 0 Å². The lowest BCUT2D eigenvalue weighted by Gasteiger charge is -2.25. The molecule has 0 rings (SSSR count). The molecule has 0 aromatic rings. The van der Waals surface area contributed by atoms with Gasteiger partial charge in [-0.15, -0.1) is 0 Å². The minimum Gasteiger partial charge on any atom is -0.380 e. The quantitative estimate of drug-likeness (QED) is 0.403. The average molecular weight is 276 g/mol. The predicted molar refractivity (Wildman–Crippen MR) is 84.8 cm³/mol. The van der Waals surface area contributed by atoms with E-state index in [-0.39, 0.29) is 0 Å². The van der Waals surface area contributed by atoms with Crippen molar-refractivity contribution >= 4 is 12.6 Å². The van der Waals surface area contributed by atoms with E-state index in [0.717, 1.165) is 26.2 Å². The second kappa shape index (κ2) is 13.7. The first kappa shape index (κ1) is 18.3. The zero-order valence-electron chi connectivity index (χ0n) is 12.7. The van der Waals surface area contributed by atoms with Gasteiger partial charge in [0.15, 0.2) is 0 Å². The number of hydrogen-bond acceptors (Lipinski definition) is 3. The van der Waals surface area contributed by atoms with Crippen molar-refractivity contribution in [1.82, 2.24) is 4.90 Å². The van der Waals surface area contributed by atoms with Crippen LogP contribution in [-0.4, -0.2) is 43.0 Å². The molecule has 0 amide bonds. The fourth-order valence-electron chi connectivity index (χ4n) is 1.87. The largest absolute Gasteiger partial charge is 0.380 e. The summed E-state index contributed by atoms with van der Waals surface area (Å²) in [5.74, 6) is 0. The molecule has 0 aliphatic heterocycles. The number of rotatable bonds is 13. The molecule has 18 heavy (non-hydrogen) atoms. The third kappa shape index (κ3) is 11.4. The summed E-state index contributed by atoms with van der Waals surface area (Å²) in [6, 6.07) is 0. The van der Waals surface area contributed by atoms with E-state index in [9.17, 15) is 0 Å². The fraction of sp³-hybridized carbons (Fsp3) is 1.00. The van der Waals surface area contributed by atoms with Crippen molar-refractivity contribution in [2.24, 2.45) is 0 Å². The molecule has 0 saturated carbocycles. The second-order valence-electron chi connectivity index (χ2n) is 5.09. The Hall–Kier alpha value is 0.270. The minimum absolute atomic E-state index is 0.357. The molecule has 3 heteroatoms. The van der Waals surface area contributed by atoms with E-state index in [1.165, 1.54) is 45.2 Å². The molecule has 0 fully saturated rings. The maximum absolute atomic E-state index is 5.64. The summed E-state index contributed by atoms with van der Waals surface area (Å²) < 4.78 is 5.64. The van der Waals surface area contributed by atoms with Crippen LogP contribution in [0.4, 0.5) is 0 Å². The molecule has 0 N–H and O–H groups in total. The Morgan fingerprint density at radius 1 is 0.944 bits per heavy atom. The van der Waals surface area contributed by atoms with E-state index in [0.29, 0.717) is 5.25 Å². The van der Waals surface area contributed by atoms with Gasteiger partial charge in [-0.2, -0.15) is 12.6 Å². The summed E-state index contributed by atoms with van der Waals surface area (Å²) in [5.41, 5.74) is 0. The first-order valence-electron chi connectivity index (χ1n) is 7.72. The normalized spacial score (nSPS) is 13.2. The van der Waals surface area contributed by atoms with E-state index in [4.69, 9.17) is 4.74 Å². The van der Waals surface area contributed by atoms with Crippen molar-refractivity contribution in [3.8, 4) is 0 Å². The van der Waals surface area contributed by atoms with Crippen LogP contribution in [0.15, 0.2) is 0 Å². The standard InChI is InChI=1S/C15H33NOS/c1-4-7-10-16(11-8-5-2)13-15(18)14-17-12-9-6-3/h15,18H,4-14H2,1-3H3. The number of thiol groups is 1. The van der Waals surface area contributed by atoms with Gasteiger partial charge in [0, 0.05) is 18.4 Å². The SMILES string of the molecule is CCCCOCC(S)CN(CCCC)CCCC. The van der Waals surface area contributed by atoms with Crippen LogP contribution in [0, 0.1) is 0 Å². The summed E-state index contributed by atoms with van der Waals surface area (Å²) >= 11 is 4.65. The summed E-state index contributed by atoms with van der Waals surface area (Å²) in [6.07, 6.45) is 7.49. The maximum atomic E-state index is 5.64. The number of nitrogens with zero attached hydrogens (tertiary/aromatic N) is 1. The number of unbranched alkanes of at least 4 members (excludes halogenated alkanes) is 3. The van der Waals surface area contributed by atoms with Gasteiger partial charge in [-0.25, -0.2) is 0 Å². The highest BCUT2D eigenvalue weighted by Gasteiger charge is 2.10. The lowest BCUT2D eigenvalue weighted by molar-refractivity contribution is 0.122. The molecule has 0 aliphatic rings. The fourth-order valence-corrected chi connectivity index (χ4v) is 2.21. The molecule has 0 bridgehead atoms. The van der Waals surface area contributed by atoms with Crippen LogP contribution in [0.2, 0.25) is 0 Å². The molecule has 0 radical (unpaired) electrons. The number of hydrogen-bond donors (Lipinski definition) is 1. The zero-order valence-corrected chi connectivity index (χ0v) is 13.6. The van der Waals surface area contributed by atoms with Gasteiger partial charge in [0.25, 0.3) is 0 Å². The Kier molecular flexibility index (Phi) is 13.9. The third-order valence-electron chi connectivity index (χ3n) is 3.08. The summed E-state index contributed by atoms with van der Waals surface area (Å²) in [4.78, 5) is 2.55. The molecule has 1 atom stereocenters. The van der Waals surface area contributed by atoms with Gasteiger partial charge < -0.3 is 9.64 Å². The Labute approximate surface area is 120 Å². The number of ether oxygens (including phenoxy) is 1. The Morgan fingerprint density at radius 2 is 1.50 bits per heavy atom. The zero-order chi connectivity index (χ0) is 13.6. The highest BCUT2D eigenvalue weighted by atomic mass is 32.1. The Morgan fingerprint density at radius 3 is 2.00 bits per heavy atom. The van der Waals surface area contributed by atoms with Crippen LogP contribution in [0.1, 0.15) is 59.3 Å². The summed E-state index contributed by atoms with van der Waals surface area (Å²) in [6.45, 7) is 11.9. The molecule has 1 unspecified atom stereocenters. The summed E-state index contributed by atoms with van der Waals surface area (Å²) in [7, 11) is 0. The van der Waals surface area contributed by atoms with E-state index >= 15 is 0 Å². The molecule has 0 aliphatic carbocycles. The van der Waals surface area contributed by atoms with Gasteiger partial charge in [-0.05, 0) is 32.4 Å². The van der Waals surface area contributed by atoms with Crippen molar-refractivity contribution in [3.05, 3.63) is 0 Å². The van der Waals surface area contributed by atoms with Crippen molar-refractivity contribution in [1.29, 1.82) is 0 Å². The van der Waals surface area contributed by atoms with Crippen molar-refractivity contribution in [3.63, 3.8) is 0 Å². The second-order valence-corrected chi connectivity index (χ2v) is 5.82. The lowest BCUT2D eigenvalue weighted by atomic mass is 10.2. The maximum Gasteiger partial charge on any atom is 0.0594 e. The Bertz CT molecular complexity index is 159. The molecule has 0 heterocycles. The average Bonchev–Trinajstić information content (AvgIpc) is 2.38. The minimum atomic E-state index is 0.357. The monoisotopic (exact) mass is 275 g/mol. The van der Waals surface area contributed by atoms with Gasteiger partial charge in [-0.3, -0.25) is 0 Å². The first-order chi connectivity index (χ1) is 8.74. The van der Waals surface area contributed by atoms with Gasteiger partial charge in [0.05, 0.1) is 6.61 Å². The molecular formula is C15H33NOS. The predicted octanol–water partition coefficient (Wildman–Crippen LogP) is 4.00. The van der Waals surface area contributed by atoms with Crippen molar-refractivity contribution in [2.75, 3.05) is 32.8 Å². The van der Waals surface area contributed by atoms with Crippen LogP contribution in [0.25, 0.3) is 0 Å². The van der Waals surface area contributed by atoms with Gasteiger partial charge in [0.2, 0.25) is 0 Å². The highest BCUT2D eigenvalue weighted by molar-refractivity contribution is 7.81. The molecular weight excluding hydrogens is 242 g/mol. The molecule has 110 valence electrons. The topological polar surface area (TPSA) is 12.5 Å². The van der Waals surface area contributed by atoms with Gasteiger partial charge in [-0.1, -0.05) is 40.0 Å². The molecule has 2 nitrogen and oxygen atoms in total. The van der Waals surface area contributed by atoms with Crippen LogP contribution in [0.3, 0.4) is 0 Å². The Balaban J connectivity index is 3.74. The van der Waals surface area contributed by atoms with Crippen LogP contribution in [-0.2, 0) is 4.74 Å². The third-order valence-corrected chi connectivity index (χ3v) is 3.39. The smallest absolute Gasteiger partial charge is 0.0594 e. The van der Waals surface area contributed by atoms with Gasteiger partial charge >= 0.3 is 0 Å². The summed E-state index contributed by atoms with van der Waals surface area (Å²) in [5, 5.41) is 0.357. The van der Waals surface area contributed by atoms with E-state index in [2.05, 4.69) is 38.3 Å². The van der Waals surface area contributed by atoms with Crippen molar-refractivity contribution < 1.29 is 4.74 Å². The molecule has 0 aromatic heterocycles. The van der Waals surface area contributed by atoms with Crippen LogP contribution < -0.4 is 0 Å². The highest BCUT2D eigenvalue weighted by Crippen LogP contribution is 2.05. The molecule has 0 spiro atoms. The molecule has 0 aromatic carbocycles. The molecule has 0 saturated heterocycles. The van der Waals surface area contributed by atoms with Gasteiger partial charge in [0.1, 0.15) is 0 Å². The lowest BCUT2D eigenvalue weighted by Crippen LogP contribution is -2.34.